The zero-order chi connectivity index (χ0) is 14.1. The van der Waals surface area contributed by atoms with E-state index >= 15 is 0 Å². The summed E-state index contributed by atoms with van der Waals surface area (Å²) < 4.78 is 2.23. The number of rotatable bonds is 3. The third-order valence-corrected chi connectivity index (χ3v) is 5.36. The standard InChI is InChI=1S/C15H13ClN2S2/c1-9(17)11-7-6-10(8-12(11)16)19-15-18-13-4-2-3-5-14(13)20-15/h2-9H,17H2,1H3. The second-order valence-corrected chi connectivity index (χ2v) is 7.28. The van der Waals surface area contributed by atoms with Crippen molar-refractivity contribution in [3.05, 3.63) is 53.1 Å². The van der Waals surface area contributed by atoms with Crippen LogP contribution in [-0.4, -0.2) is 4.98 Å². The van der Waals surface area contributed by atoms with Crippen LogP contribution in [0.3, 0.4) is 0 Å². The highest BCUT2D eigenvalue weighted by Crippen LogP contribution is 2.36. The SMILES string of the molecule is CC(N)c1ccc(Sc2nc3ccccc3s2)cc1Cl. The Morgan fingerprint density at radius 3 is 2.75 bits per heavy atom. The minimum atomic E-state index is -0.0519. The van der Waals surface area contributed by atoms with Crippen LogP contribution in [0.25, 0.3) is 10.2 Å². The van der Waals surface area contributed by atoms with Gasteiger partial charge in [-0.1, -0.05) is 41.6 Å². The molecule has 0 aliphatic rings. The van der Waals surface area contributed by atoms with Gasteiger partial charge in [-0.15, -0.1) is 11.3 Å². The second-order valence-electron chi connectivity index (χ2n) is 4.52. The van der Waals surface area contributed by atoms with Crippen LogP contribution in [0, 0.1) is 0 Å². The fourth-order valence-corrected chi connectivity index (χ4v) is 4.43. The molecule has 5 heteroatoms. The second kappa shape index (κ2) is 5.74. The van der Waals surface area contributed by atoms with E-state index in [-0.39, 0.29) is 6.04 Å². The van der Waals surface area contributed by atoms with E-state index in [1.54, 1.807) is 23.1 Å². The van der Waals surface area contributed by atoms with Crippen LogP contribution in [0.2, 0.25) is 5.02 Å². The van der Waals surface area contributed by atoms with Gasteiger partial charge in [0.05, 0.1) is 10.2 Å². The van der Waals surface area contributed by atoms with Crippen molar-refractivity contribution in [2.45, 2.75) is 22.2 Å². The van der Waals surface area contributed by atoms with Gasteiger partial charge in [0, 0.05) is 16.0 Å². The topological polar surface area (TPSA) is 38.9 Å². The van der Waals surface area contributed by atoms with Gasteiger partial charge in [-0.3, -0.25) is 0 Å². The predicted molar refractivity (Wildman–Crippen MR) is 87.8 cm³/mol. The fraction of sp³-hybridized carbons (Fsp3) is 0.133. The highest BCUT2D eigenvalue weighted by molar-refractivity contribution is 8.01. The molecule has 0 aliphatic heterocycles. The quantitative estimate of drug-likeness (QED) is 0.728. The van der Waals surface area contributed by atoms with E-state index < -0.39 is 0 Å². The maximum Gasteiger partial charge on any atom is 0.155 e. The van der Waals surface area contributed by atoms with Crippen molar-refractivity contribution in [1.82, 2.24) is 4.98 Å². The third kappa shape index (κ3) is 2.83. The van der Waals surface area contributed by atoms with E-state index in [4.69, 9.17) is 17.3 Å². The molecule has 1 atom stereocenters. The number of benzene rings is 2. The van der Waals surface area contributed by atoms with Crippen LogP contribution in [0.5, 0.6) is 0 Å². The summed E-state index contributed by atoms with van der Waals surface area (Å²) in [6, 6.07) is 14.1. The molecule has 0 fully saturated rings. The maximum absolute atomic E-state index is 6.26. The maximum atomic E-state index is 6.26. The van der Waals surface area contributed by atoms with Gasteiger partial charge in [-0.25, -0.2) is 4.98 Å². The first-order valence-corrected chi connectivity index (χ1v) is 8.23. The summed E-state index contributed by atoms with van der Waals surface area (Å²) >= 11 is 9.58. The number of aromatic nitrogens is 1. The smallest absolute Gasteiger partial charge is 0.155 e. The van der Waals surface area contributed by atoms with Crippen LogP contribution >= 0.6 is 34.7 Å². The lowest BCUT2D eigenvalue weighted by Gasteiger charge is -2.09. The van der Waals surface area contributed by atoms with Crippen molar-refractivity contribution in [2.24, 2.45) is 5.73 Å². The average Bonchev–Trinajstić information content (AvgIpc) is 2.80. The first-order chi connectivity index (χ1) is 9.63. The van der Waals surface area contributed by atoms with Crippen molar-refractivity contribution in [3.8, 4) is 0 Å². The summed E-state index contributed by atoms with van der Waals surface area (Å²) in [7, 11) is 0. The summed E-state index contributed by atoms with van der Waals surface area (Å²) in [5.74, 6) is 0. The van der Waals surface area contributed by atoms with Crippen LogP contribution < -0.4 is 5.73 Å². The normalized spacial score (nSPS) is 12.8. The Hall–Kier alpha value is -1.07. The number of halogens is 1. The number of fused-ring (bicyclic) bond motifs is 1. The van der Waals surface area contributed by atoms with E-state index in [0.29, 0.717) is 5.02 Å². The van der Waals surface area contributed by atoms with E-state index in [2.05, 4.69) is 11.1 Å². The van der Waals surface area contributed by atoms with Crippen molar-refractivity contribution in [1.29, 1.82) is 0 Å². The molecule has 2 aromatic carbocycles. The molecule has 0 aliphatic carbocycles. The number of hydrogen-bond acceptors (Lipinski definition) is 4. The average molecular weight is 321 g/mol. The van der Waals surface area contributed by atoms with Gasteiger partial charge >= 0.3 is 0 Å². The lowest BCUT2D eigenvalue weighted by atomic mass is 10.1. The molecule has 0 saturated carbocycles. The zero-order valence-electron chi connectivity index (χ0n) is 10.8. The van der Waals surface area contributed by atoms with Crippen LogP contribution in [0.1, 0.15) is 18.5 Å². The molecule has 3 rings (SSSR count). The van der Waals surface area contributed by atoms with E-state index in [1.165, 1.54) is 4.70 Å². The highest BCUT2D eigenvalue weighted by atomic mass is 35.5. The fourth-order valence-electron chi connectivity index (χ4n) is 1.94. The predicted octanol–water partition coefficient (Wildman–Crippen LogP) is 5.12. The first-order valence-electron chi connectivity index (χ1n) is 6.22. The Bertz CT molecular complexity index is 719. The molecule has 1 aromatic heterocycles. The summed E-state index contributed by atoms with van der Waals surface area (Å²) in [6.45, 7) is 1.93. The van der Waals surface area contributed by atoms with Crippen molar-refractivity contribution in [3.63, 3.8) is 0 Å². The van der Waals surface area contributed by atoms with Gasteiger partial charge in [-0.2, -0.15) is 0 Å². The third-order valence-electron chi connectivity index (χ3n) is 2.94. The molecule has 2 nitrogen and oxygen atoms in total. The molecule has 1 heterocycles. The summed E-state index contributed by atoms with van der Waals surface area (Å²) in [6.07, 6.45) is 0. The molecule has 0 bridgehead atoms. The summed E-state index contributed by atoms with van der Waals surface area (Å²) in [5, 5.41) is 0.714. The molecule has 20 heavy (non-hydrogen) atoms. The van der Waals surface area contributed by atoms with Gasteiger partial charge in [0.2, 0.25) is 0 Å². The minimum Gasteiger partial charge on any atom is -0.324 e. The number of nitrogens with zero attached hydrogens (tertiary/aromatic N) is 1. The molecule has 1 unspecified atom stereocenters. The van der Waals surface area contributed by atoms with Gasteiger partial charge in [0.25, 0.3) is 0 Å². The number of para-hydroxylation sites is 1. The monoisotopic (exact) mass is 320 g/mol. The lowest BCUT2D eigenvalue weighted by Crippen LogP contribution is -2.05. The van der Waals surface area contributed by atoms with Crippen LogP contribution in [-0.2, 0) is 0 Å². The number of thiazole rings is 1. The van der Waals surface area contributed by atoms with Crippen molar-refractivity contribution in [2.75, 3.05) is 0 Å². The first kappa shape index (κ1) is 13.9. The van der Waals surface area contributed by atoms with Crippen molar-refractivity contribution < 1.29 is 0 Å². The van der Waals surface area contributed by atoms with Gasteiger partial charge in [0.15, 0.2) is 4.34 Å². The molecular weight excluding hydrogens is 308 g/mol. The summed E-state index contributed by atoms with van der Waals surface area (Å²) in [5.41, 5.74) is 7.88. The van der Waals surface area contributed by atoms with E-state index in [1.807, 2.05) is 43.3 Å². The molecule has 102 valence electrons. The number of hydrogen-bond donors (Lipinski definition) is 1. The molecule has 0 radical (unpaired) electrons. The Kier molecular flexibility index (Phi) is 3.98. The van der Waals surface area contributed by atoms with E-state index in [9.17, 15) is 0 Å². The van der Waals surface area contributed by atoms with Crippen LogP contribution in [0.15, 0.2) is 51.7 Å². The highest BCUT2D eigenvalue weighted by Gasteiger charge is 2.09. The molecule has 0 spiro atoms. The number of nitrogens with two attached hydrogens (primary N) is 1. The lowest BCUT2D eigenvalue weighted by molar-refractivity contribution is 0.817. The molecule has 0 amide bonds. The Morgan fingerprint density at radius 2 is 2.05 bits per heavy atom. The Balaban J connectivity index is 1.89. The zero-order valence-corrected chi connectivity index (χ0v) is 13.2. The molecule has 0 saturated heterocycles. The van der Waals surface area contributed by atoms with Crippen LogP contribution in [0.4, 0.5) is 0 Å². The summed E-state index contributed by atoms with van der Waals surface area (Å²) in [4.78, 5) is 5.69. The Morgan fingerprint density at radius 1 is 1.25 bits per heavy atom. The van der Waals surface area contributed by atoms with Crippen molar-refractivity contribution >= 4 is 44.9 Å². The largest absolute Gasteiger partial charge is 0.324 e. The van der Waals surface area contributed by atoms with Gasteiger partial charge in [0.1, 0.15) is 0 Å². The molecule has 2 N–H and O–H groups in total. The Labute approximate surface area is 131 Å². The minimum absolute atomic E-state index is 0.0519. The molecular formula is C15H13ClN2S2. The molecule has 3 aromatic rings. The van der Waals surface area contributed by atoms with E-state index in [0.717, 1.165) is 20.3 Å². The van der Waals surface area contributed by atoms with Gasteiger partial charge < -0.3 is 5.73 Å². The van der Waals surface area contributed by atoms with Gasteiger partial charge in [-0.05, 0) is 36.8 Å².